The van der Waals surface area contributed by atoms with Gasteiger partial charge < -0.3 is 5.11 Å². The van der Waals surface area contributed by atoms with Crippen molar-refractivity contribution in [2.45, 2.75) is 0 Å². The summed E-state index contributed by atoms with van der Waals surface area (Å²) in [5.41, 5.74) is 1.62. The van der Waals surface area contributed by atoms with Gasteiger partial charge in [-0.1, -0.05) is 30.9 Å². The average Bonchev–Trinajstić information content (AvgIpc) is 2.05. The minimum Gasteiger partial charge on any atom is -0.499 e. The van der Waals surface area contributed by atoms with E-state index in [4.69, 9.17) is 5.11 Å². The molecule has 0 heterocycles. The van der Waals surface area contributed by atoms with E-state index < -0.39 is 0 Å². The fraction of sp³-hybridized carbons (Fsp3) is 0. The van der Waals surface area contributed by atoms with Crippen molar-refractivity contribution < 1.29 is 5.11 Å². The molecule has 11 heavy (non-hydrogen) atoms. The first-order chi connectivity index (χ1) is 5.24. The third kappa shape index (κ3) is 1.88. The van der Waals surface area contributed by atoms with E-state index in [1.807, 2.05) is 12.1 Å². The van der Waals surface area contributed by atoms with Gasteiger partial charge in [0.25, 0.3) is 0 Å². The molecule has 1 rings (SSSR count). The van der Waals surface area contributed by atoms with Gasteiger partial charge in [0.1, 0.15) is 0 Å². The molecule has 0 spiro atoms. The summed E-state index contributed by atoms with van der Waals surface area (Å²) in [6, 6.07) is 7.27. The molecule has 0 radical (unpaired) electrons. The molecular formula is C9H8OS. The molecule has 0 atom stereocenters. The van der Waals surface area contributed by atoms with Gasteiger partial charge in [-0.15, -0.1) is 0 Å². The van der Waals surface area contributed by atoms with Gasteiger partial charge in [-0.25, -0.2) is 0 Å². The van der Waals surface area contributed by atoms with Crippen molar-refractivity contribution in [1.29, 1.82) is 0 Å². The van der Waals surface area contributed by atoms with Crippen LogP contribution in [0.1, 0.15) is 11.1 Å². The number of aliphatic hydroxyl groups excluding tert-OH is 1. The predicted octanol–water partition coefficient (Wildman–Crippen LogP) is 2.56. The van der Waals surface area contributed by atoms with Crippen LogP contribution >= 0.6 is 12.2 Å². The molecule has 1 aromatic rings. The maximum Gasteiger partial charge on any atom is 0.188 e. The summed E-state index contributed by atoms with van der Waals surface area (Å²) < 4.78 is 0. The van der Waals surface area contributed by atoms with E-state index in [1.54, 1.807) is 18.2 Å². The molecule has 0 saturated heterocycles. The van der Waals surface area contributed by atoms with Crippen molar-refractivity contribution >= 4 is 23.3 Å². The van der Waals surface area contributed by atoms with E-state index in [0.717, 1.165) is 5.56 Å². The highest BCUT2D eigenvalue weighted by atomic mass is 32.1. The van der Waals surface area contributed by atoms with Crippen LogP contribution in [0.3, 0.4) is 0 Å². The number of thiocarbonyl (C=S) groups is 1. The predicted molar refractivity (Wildman–Crippen MR) is 50.9 cm³/mol. The Morgan fingerprint density at radius 3 is 2.82 bits per heavy atom. The van der Waals surface area contributed by atoms with Gasteiger partial charge in [0.15, 0.2) is 5.05 Å². The zero-order valence-corrected chi connectivity index (χ0v) is 6.77. The van der Waals surface area contributed by atoms with Gasteiger partial charge in [-0.05, 0) is 23.8 Å². The summed E-state index contributed by atoms with van der Waals surface area (Å²) in [6.45, 7) is 3.61. The largest absolute Gasteiger partial charge is 0.499 e. The van der Waals surface area contributed by atoms with Gasteiger partial charge in [0.05, 0.1) is 0 Å². The first-order valence-electron chi connectivity index (χ1n) is 3.20. The minimum absolute atomic E-state index is 0.0753. The van der Waals surface area contributed by atoms with Crippen LogP contribution in [-0.2, 0) is 0 Å². The smallest absolute Gasteiger partial charge is 0.188 e. The van der Waals surface area contributed by atoms with Crippen LogP contribution in [-0.4, -0.2) is 10.2 Å². The lowest BCUT2D eigenvalue weighted by Gasteiger charge is -1.96. The van der Waals surface area contributed by atoms with Gasteiger partial charge >= 0.3 is 0 Å². The third-order valence-corrected chi connectivity index (χ3v) is 1.60. The SMILES string of the molecule is C=Cc1cccc(C(O)=S)c1. The van der Waals surface area contributed by atoms with Crippen LogP contribution in [0.15, 0.2) is 30.8 Å². The van der Waals surface area contributed by atoms with Gasteiger partial charge in [0, 0.05) is 5.56 Å². The van der Waals surface area contributed by atoms with E-state index in [2.05, 4.69) is 18.8 Å². The van der Waals surface area contributed by atoms with Crippen molar-refractivity contribution in [3.8, 4) is 0 Å². The fourth-order valence-corrected chi connectivity index (χ4v) is 0.926. The zero-order valence-electron chi connectivity index (χ0n) is 5.95. The van der Waals surface area contributed by atoms with Gasteiger partial charge in [0.2, 0.25) is 0 Å². The van der Waals surface area contributed by atoms with Crippen molar-refractivity contribution in [2.75, 3.05) is 0 Å². The Balaban J connectivity index is 3.10. The Morgan fingerprint density at radius 2 is 2.27 bits per heavy atom. The minimum atomic E-state index is -0.0753. The van der Waals surface area contributed by atoms with E-state index in [-0.39, 0.29) is 5.05 Å². The topological polar surface area (TPSA) is 20.2 Å². The second kappa shape index (κ2) is 3.30. The molecule has 0 fully saturated rings. The summed E-state index contributed by atoms with van der Waals surface area (Å²) in [6.07, 6.45) is 1.71. The quantitative estimate of drug-likeness (QED) is 0.678. The summed E-state index contributed by atoms with van der Waals surface area (Å²) in [7, 11) is 0. The molecule has 0 amide bonds. The summed E-state index contributed by atoms with van der Waals surface area (Å²) >= 11 is 4.59. The van der Waals surface area contributed by atoms with Crippen LogP contribution in [0.2, 0.25) is 0 Å². The van der Waals surface area contributed by atoms with E-state index >= 15 is 0 Å². The molecule has 0 aliphatic carbocycles. The van der Waals surface area contributed by atoms with Gasteiger partial charge in [-0.3, -0.25) is 0 Å². The number of benzene rings is 1. The summed E-state index contributed by atoms with van der Waals surface area (Å²) in [4.78, 5) is 0. The first kappa shape index (κ1) is 7.95. The van der Waals surface area contributed by atoms with E-state index in [9.17, 15) is 0 Å². The number of hydrogen-bond acceptors (Lipinski definition) is 1. The van der Waals surface area contributed by atoms with Crippen molar-refractivity contribution in [3.63, 3.8) is 0 Å². The second-order valence-corrected chi connectivity index (χ2v) is 2.52. The normalized spacial score (nSPS) is 9.09. The Hall–Kier alpha value is -1.15. The number of hydrogen-bond donors (Lipinski definition) is 1. The maximum atomic E-state index is 8.94. The van der Waals surface area contributed by atoms with E-state index in [0.29, 0.717) is 5.56 Å². The van der Waals surface area contributed by atoms with Crippen LogP contribution in [0.25, 0.3) is 6.08 Å². The fourth-order valence-electron chi connectivity index (χ4n) is 0.799. The molecule has 1 N–H and O–H groups in total. The Labute approximate surface area is 71.0 Å². The molecule has 0 saturated carbocycles. The average molecular weight is 164 g/mol. The van der Waals surface area contributed by atoms with Crippen LogP contribution in [0, 0.1) is 0 Å². The zero-order chi connectivity index (χ0) is 8.27. The molecule has 56 valence electrons. The highest BCUT2D eigenvalue weighted by Gasteiger charge is 1.96. The number of aliphatic hydroxyl groups is 1. The molecule has 2 heteroatoms. The molecule has 0 aliphatic rings. The van der Waals surface area contributed by atoms with Crippen LogP contribution < -0.4 is 0 Å². The molecule has 0 aliphatic heterocycles. The highest BCUT2D eigenvalue weighted by Crippen LogP contribution is 2.06. The van der Waals surface area contributed by atoms with Crippen molar-refractivity contribution in [2.24, 2.45) is 0 Å². The Kier molecular flexibility index (Phi) is 2.39. The van der Waals surface area contributed by atoms with Crippen molar-refractivity contribution in [3.05, 3.63) is 42.0 Å². The van der Waals surface area contributed by atoms with E-state index in [1.165, 1.54) is 0 Å². The monoisotopic (exact) mass is 164 g/mol. The lowest BCUT2D eigenvalue weighted by atomic mass is 10.1. The van der Waals surface area contributed by atoms with Crippen molar-refractivity contribution in [1.82, 2.24) is 0 Å². The van der Waals surface area contributed by atoms with Crippen LogP contribution in [0.5, 0.6) is 0 Å². The molecular weight excluding hydrogens is 156 g/mol. The summed E-state index contributed by atoms with van der Waals surface area (Å²) in [5.74, 6) is 0. The molecule has 0 bridgehead atoms. The highest BCUT2D eigenvalue weighted by molar-refractivity contribution is 7.80. The Morgan fingerprint density at radius 1 is 1.55 bits per heavy atom. The number of rotatable bonds is 2. The first-order valence-corrected chi connectivity index (χ1v) is 3.60. The summed E-state index contributed by atoms with van der Waals surface area (Å²) in [5, 5.41) is 8.87. The Bertz CT molecular complexity index is 291. The standard InChI is InChI=1S/C9H8OS/c1-2-7-4-3-5-8(6-7)9(10)11/h2-6H,1H2,(H,10,11). The molecule has 0 aromatic heterocycles. The third-order valence-electron chi connectivity index (χ3n) is 1.37. The lowest BCUT2D eigenvalue weighted by Crippen LogP contribution is -1.93. The van der Waals surface area contributed by atoms with Gasteiger partial charge in [-0.2, -0.15) is 0 Å². The second-order valence-electron chi connectivity index (χ2n) is 2.13. The molecule has 1 nitrogen and oxygen atoms in total. The molecule has 0 unspecified atom stereocenters. The van der Waals surface area contributed by atoms with Crippen LogP contribution in [0.4, 0.5) is 0 Å². The maximum absolute atomic E-state index is 8.94. The lowest BCUT2D eigenvalue weighted by molar-refractivity contribution is 0.571. The molecule has 1 aromatic carbocycles.